The Morgan fingerprint density at radius 1 is 0.949 bits per heavy atom. The molecule has 0 amide bonds. The second-order valence-corrected chi connectivity index (χ2v) is 10.4. The molecule has 2 N–H and O–H groups in total. The van der Waals surface area contributed by atoms with Crippen molar-refractivity contribution in [2.24, 2.45) is 5.92 Å². The van der Waals surface area contributed by atoms with Gasteiger partial charge < -0.3 is 23.9 Å². The second kappa shape index (κ2) is 10.2. The van der Waals surface area contributed by atoms with Gasteiger partial charge in [0.1, 0.15) is 5.76 Å². The Kier molecular flexibility index (Phi) is 6.25. The molecule has 12 heteroatoms. The number of nitrogens with two attached hydrogens (primary N) is 1. The van der Waals surface area contributed by atoms with Gasteiger partial charge in [0, 0.05) is 50.9 Å². The van der Waals surface area contributed by atoms with Gasteiger partial charge in [0.2, 0.25) is 17.7 Å². The van der Waals surface area contributed by atoms with Crippen molar-refractivity contribution in [3.05, 3.63) is 66.7 Å². The standard InChI is InChI=1S/C27H31N9O3/c28-25-30-26(31-27-29-24(32-36(25)27)23-4-2-11-39-23)35-9-8-34-15-19(5-6-21(34)16-35)13-33(14-20-7-12-37-18-20)17-22-3-1-10-38-22/h1-4,7,10-12,18-19,21H,5-6,8-9,13-17H2,(H2,28,29,30,31,32)/t19-,21+/m1/s1. The van der Waals surface area contributed by atoms with Gasteiger partial charge >= 0.3 is 0 Å². The highest BCUT2D eigenvalue weighted by molar-refractivity contribution is 5.53. The molecule has 0 saturated carbocycles. The predicted molar refractivity (Wildman–Crippen MR) is 143 cm³/mol. The monoisotopic (exact) mass is 529 g/mol. The Balaban J connectivity index is 1.01. The quantitative estimate of drug-likeness (QED) is 0.318. The van der Waals surface area contributed by atoms with Gasteiger partial charge in [0.25, 0.3) is 5.78 Å². The Morgan fingerprint density at radius 2 is 1.87 bits per heavy atom. The molecule has 0 radical (unpaired) electrons. The first kappa shape index (κ1) is 23.9. The highest BCUT2D eigenvalue weighted by Gasteiger charge is 2.34. The van der Waals surface area contributed by atoms with E-state index in [-0.39, 0.29) is 5.95 Å². The van der Waals surface area contributed by atoms with Crippen LogP contribution in [0.3, 0.4) is 0 Å². The summed E-state index contributed by atoms with van der Waals surface area (Å²) in [4.78, 5) is 21.1. The molecule has 7 heterocycles. The van der Waals surface area contributed by atoms with Crippen LogP contribution in [-0.4, -0.2) is 73.1 Å². The molecule has 2 aliphatic heterocycles. The third-order valence-corrected chi connectivity index (χ3v) is 7.71. The van der Waals surface area contributed by atoms with E-state index in [1.165, 1.54) is 16.5 Å². The first-order valence-corrected chi connectivity index (χ1v) is 13.4. The summed E-state index contributed by atoms with van der Waals surface area (Å²) in [5.41, 5.74) is 7.43. The third kappa shape index (κ3) is 5.00. The van der Waals surface area contributed by atoms with Gasteiger partial charge in [0.15, 0.2) is 5.76 Å². The van der Waals surface area contributed by atoms with Crippen LogP contribution < -0.4 is 10.6 Å². The fourth-order valence-corrected chi connectivity index (χ4v) is 5.85. The number of piperidine rings is 1. The smallest absolute Gasteiger partial charge is 0.259 e. The van der Waals surface area contributed by atoms with Gasteiger partial charge in [-0.2, -0.15) is 19.5 Å². The summed E-state index contributed by atoms with van der Waals surface area (Å²) in [6.07, 6.45) is 9.20. The lowest BCUT2D eigenvalue weighted by Gasteiger charge is -2.47. The summed E-state index contributed by atoms with van der Waals surface area (Å²) in [5.74, 6) is 3.87. The normalized spacial score (nSPS) is 20.2. The first-order valence-electron chi connectivity index (χ1n) is 13.4. The van der Waals surface area contributed by atoms with E-state index >= 15 is 0 Å². The molecular formula is C27H31N9O3. The summed E-state index contributed by atoms with van der Waals surface area (Å²) >= 11 is 0. The zero-order chi connectivity index (χ0) is 26.2. The van der Waals surface area contributed by atoms with E-state index in [4.69, 9.17) is 24.0 Å². The molecular weight excluding hydrogens is 498 g/mol. The zero-order valence-electron chi connectivity index (χ0n) is 21.6. The second-order valence-electron chi connectivity index (χ2n) is 10.4. The van der Waals surface area contributed by atoms with Crippen molar-refractivity contribution in [1.29, 1.82) is 0 Å². The molecule has 12 nitrogen and oxygen atoms in total. The SMILES string of the molecule is Nc1nc(N2CCN3C[C@@H](CN(Cc4ccoc4)Cc4ccco4)CC[C@H]3C2)nc2nc(-c3ccco3)nn12. The van der Waals surface area contributed by atoms with Crippen molar-refractivity contribution >= 4 is 17.7 Å². The van der Waals surface area contributed by atoms with Gasteiger partial charge in [0.05, 0.1) is 31.6 Å². The number of furan rings is 3. The van der Waals surface area contributed by atoms with Gasteiger partial charge in [-0.15, -0.1) is 5.10 Å². The minimum Gasteiger partial charge on any atom is -0.472 e. The molecule has 7 rings (SSSR count). The predicted octanol–water partition coefficient (Wildman–Crippen LogP) is 3.15. The van der Waals surface area contributed by atoms with Gasteiger partial charge in [-0.05, 0) is 49.1 Å². The van der Waals surface area contributed by atoms with E-state index in [0.717, 1.165) is 58.0 Å². The molecule has 2 saturated heterocycles. The van der Waals surface area contributed by atoms with Crippen LogP contribution in [0.25, 0.3) is 17.4 Å². The third-order valence-electron chi connectivity index (χ3n) is 7.71. The molecule has 5 aromatic rings. The topological polar surface area (TPSA) is 131 Å². The molecule has 0 aliphatic carbocycles. The fourth-order valence-electron chi connectivity index (χ4n) is 5.85. The lowest BCUT2D eigenvalue weighted by molar-refractivity contribution is 0.0706. The molecule has 2 aliphatic rings. The van der Waals surface area contributed by atoms with Crippen LogP contribution in [0.4, 0.5) is 11.9 Å². The number of aromatic nitrogens is 5. The number of nitrogen functional groups attached to an aromatic ring is 1. The minimum absolute atomic E-state index is 0.265. The summed E-state index contributed by atoms with van der Waals surface area (Å²) in [7, 11) is 0. The summed E-state index contributed by atoms with van der Waals surface area (Å²) < 4.78 is 17.8. The van der Waals surface area contributed by atoms with Crippen molar-refractivity contribution < 1.29 is 13.3 Å². The van der Waals surface area contributed by atoms with Crippen LogP contribution in [0, 0.1) is 5.92 Å². The number of piperazine rings is 1. The summed E-state index contributed by atoms with van der Waals surface area (Å²) in [5, 5.41) is 4.40. The molecule has 202 valence electrons. The molecule has 0 spiro atoms. The summed E-state index contributed by atoms with van der Waals surface area (Å²) in [6.45, 7) is 6.39. The zero-order valence-corrected chi connectivity index (χ0v) is 21.6. The highest BCUT2D eigenvalue weighted by Crippen LogP contribution is 2.28. The maximum Gasteiger partial charge on any atom is 0.259 e. The Bertz CT molecular complexity index is 1460. The average molecular weight is 530 g/mol. The molecule has 2 fully saturated rings. The fraction of sp³-hybridized carbons (Fsp3) is 0.407. The van der Waals surface area contributed by atoms with E-state index < -0.39 is 0 Å². The molecule has 0 aromatic carbocycles. The van der Waals surface area contributed by atoms with Crippen molar-refractivity contribution in [1.82, 2.24) is 34.4 Å². The number of hydrogen-bond acceptors (Lipinski definition) is 11. The van der Waals surface area contributed by atoms with E-state index in [1.54, 1.807) is 24.9 Å². The number of nitrogens with zero attached hydrogens (tertiary/aromatic N) is 8. The van der Waals surface area contributed by atoms with E-state index in [9.17, 15) is 0 Å². The maximum atomic E-state index is 6.25. The van der Waals surface area contributed by atoms with Crippen LogP contribution in [0.2, 0.25) is 0 Å². The number of rotatable bonds is 8. The Hall–Kier alpha value is -4.16. The van der Waals surface area contributed by atoms with Crippen LogP contribution in [0.15, 0.2) is 68.6 Å². The summed E-state index contributed by atoms with van der Waals surface area (Å²) in [6, 6.07) is 10.1. The Labute approximate surface area is 225 Å². The van der Waals surface area contributed by atoms with Crippen molar-refractivity contribution in [2.75, 3.05) is 43.4 Å². The number of hydrogen-bond donors (Lipinski definition) is 1. The van der Waals surface area contributed by atoms with Gasteiger partial charge in [-0.1, -0.05) is 0 Å². The van der Waals surface area contributed by atoms with Crippen LogP contribution >= 0.6 is 0 Å². The first-order chi connectivity index (χ1) is 19.2. The molecule has 0 bridgehead atoms. The van der Waals surface area contributed by atoms with Crippen LogP contribution in [0.1, 0.15) is 24.2 Å². The molecule has 0 unspecified atom stereocenters. The molecule has 2 atom stereocenters. The Morgan fingerprint density at radius 3 is 2.69 bits per heavy atom. The average Bonchev–Trinajstić information content (AvgIpc) is 3.76. The minimum atomic E-state index is 0.265. The van der Waals surface area contributed by atoms with Crippen molar-refractivity contribution in [3.63, 3.8) is 0 Å². The lowest BCUT2D eigenvalue weighted by atomic mass is 9.90. The van der Waals surface area contributed by atoms with Gasteiger partial charge in [-0.25, -0.2) is 0 Å². The molecule has 5 aromatic heterocycles. The maximum absolute atomic E-state index is 6.25. The number of fused-ring (bicyclic) bond motifs is 2. The van der Waals surface area contributed by atoms with Gasteiger partial charge in [-0.3, -0.25) is 9.80 Å². The molecule has 39 heavy (non-hydrogen) atoms. The van der Waals surface area contributed by atoms with Crippen LogP contribution in [0.5, 0.6) is 0 Å². The lowest BCUT2D eigenvalue weighted by Crippen LogP contribution is -2.57. The number of anilines is 2. The van der Waals surface area contributed by atoms with E-state index in [2.05, 4.69) is 29.8 Å². The van der Waals surface area contributed by atoms with Crippen molar-refractivity contribution in [3.8, 4) is 11.6 Å². The van der Waals surface area contributed by atoms with E-state index in [0.29, 0.717) is 35.3 Å². The van der Waals surface area contributed by atoms with Crippen LogP contribution in [-0.2, 0) is 13.1 Å². The van der Waals surface area contributed by atoms with Crippen molar-refractivity contribution in [2.45, 2.75) is 32.0 Å². The van der Waals surface area contributed by atoms with E-state index in [1.807, 2.05) is 30.5 Å². The largest absolute Gasteiger partial charge is 0.472 e. The highest BCUT2D eigenvalue weighted by atomic mass is 16.3.